The number of carbonyl (C=O) groups excluding carboxylic acids is 1. The molecule has 24 heavy (non-hydrogen) atoms. The van der Waals surface area contributed by atoms with E-state index in [2.05, 4.69) is 10.0 Å². The number of rotatable bonds is 6. The molecule has 0 fully saturated rings. The van der Waals surface area contributed by atoms with Gasteiger partial charge in [-0.05, 0) is 24.5 Å². The topological polar surface area (TPSA) is 111 Å². The van der Waals surface area contributed by atoms with Crippen LogP contribution in [0.1, 0.15) is 27.7 Å². The van der Waals surface area contributed by atoms with Crippen LogP contribution in [0, 0.1) is 5.41 Å². The lowest BCUT2D eigenvalue weighted by Gasteiger charge is -2.26. The van der Waals surface area contributed by atoms with Gasteiger partial charge in [-0.25, -0.2) is 8.42 Å². The first kappa shape index (κ1) is 22.5. The minimum Gasteiger partial charge on any atom is -0.494 e. The molecule has 7 nitrogen and oxygen atoms in total. The van der Waals surface area contributed by atoms with Crippen molar-refractivity contribution >= 4 is 39.7 Å². The van der Waals surface area contributed by atoms with Crippen LogP contribution in [-0.2, 0) is 14.8 Å². The van der Waals surface area contributed by atoms with Crippen LogP contribution in [0.3, 0.4) is 0 Å². The highest BCUT2D eigenvalue weighted by molar-refractivity contribution is 7.92. The summed E-state index contributed by atoms with van der Waals surface area (Å²) in [6.07, 6.45) is 0. The molecule has 0 spiro atoms. The van der Waals surface area contributed by atoms with Crippen molar-refractivity contribution in [2.75, 3.05) is 22.9 Å². The SMILES string of the molecule is CCS(=O)(=O)Nc1ccc(NC(=O)[C@@H](N)C(C)(C)C)cc1OC.Cl. The summed E-state index contributed by atoms with van der Waals surface area (Å²) in [4.78, 5) is 12.1. The van der Waals surface area contributed by atoms with E-state index in [1.54, 1.807) is 12.1 Å². The van der Waals surface area contributed by atoms with Gasteiger partial charge in [0, 0.05) is 11.8 Å². The average molecular weight is 380 g/mol. The highest BCUT2D eigenvalue weighted by Gasteiger charge is 2.27. The molecular weight excluding hydrogens is 354 g/mol. The minimum atomic E-state index is -3.41. The average Bonchev–Trinajstić information content (AvgIpc) is 2.46. The highest BCUT2D eigenvalue weighted by Crippen LogP contribution is 2.29. The number of nitrogens with one attached hydrogen (secondary N) is 2. The quantitative estimate of drug-likeness (QED) is 0.701. The third kappa shape index (κ3) is 6.18. The third-order valence-corrected chi connectivity index (χ3v) is 4.62. The molecule has 0 aliphatic rings. The summed E-state index contributed by atoms with van der Waals surface area (Å²) < 4.78 is 30.9. The molecule has 0 heterocycles. The molecule has 1 rings (SSSR count). The summed E-state index contributed by atoms with van der Waals surface area (Å²) in [6, 6.07) is 3.99. The standard InChI is InChI=1S/C15H25N3O4S.ClH/c1-6-23(20,21)18-11-8-7-10(9-12(11)22-5)17-14(19)13(16)15(2,3)4;/h7-9,13,18H,6,16H2,1-5H3,(H,17,19);1H/t13-;/m1./s1. The molecule has 0 bridgehead atoms. The van der Waals surface area contributed by atoms with Crippen LogP contribution in [0.5, 0.6) is 5.75 Å². The Balaban J connectivity index is 0.00000529. The fourth-order valence-electron chi connectivity index (χ4n) is 1.71. The van der Waals surface area contributed by atoms with Crippen molar-refractivity contribution in [3.05, 3.63) is 18.2 Å². The maximum atomic E-state index is 12.1. The number of ether oxygens (including phenoxy) is 1. The van der Waals surface area contributed by atoms with Gasteiger partial charge in [-0.1, -0.05) is 20.8 Å². The minimum absolute atomic E-state index is 0. The van der Waals surface area contributed by atoms with Crippen LogP contribution >= 0.6 is 12.4 Å². The van der Waals surface area contributed by atoms with Crippen LogP contribution in [0.4, 0.5) is 11.4 Å². The summed E-state index contributed by atoms with van der Waals surface area (Å²) >= 11 is 0. The zero-order chi connectivity index (χ0) is 17.8. The third-order valence-electron chi connectivity index (χ3n) is 3.33. The molecule has 1 aromatic rings. The van der Waals surface area contributed by atoms with Crippen molar-refractivity contribution in [3.63, 3.8) is 0 Å². The number of carbonyl (C=O) groups is 1. The fraction of sp³-hybridized carbons (Fsp3) is 0.533. The van der Waals surface area contributed by atoms with Crippen molar-refractivity contribution in [2.24, 2.45) is 11.1 Å². The van der Waals surface area contributed by atoms with Crippen LogP contribution in [0.25, 0.3) is 0 Å². The molecule has 0 aromatic heterocycles. The number of nitrogens with two attached hydrogens (primary N) is 1. The Morgan fingerprint density at radius 3 is 2.38 bits per heavy atom. The van der Waals surface area contributed by atoms with Gasteiger partial charge in [0.15, 0.2) is 0 Å². The number of anilines is 2. The fourth-order valence-corrected chi connectivity index (χ4v) is 2.35. The number of amides is 1. The summed E-state index contributed by atoms with van der Waals surface area (Å²) in [7, 11) is -1.99. The molecule has 0 saturated carbocycles. The maximum absolute atomic E-state index is 12.1. The number of sulfonamides is 1. The van der Waals surface area contributed by atoms with Gasteiger partial charge >= 0.3 is 0 Å². The summed E-state index contributed by atoms with van der Waals surface area (Å²) in [5.41, 5.74) is 6.33. The van der Waals surface area contributed by atoms with Crippen LogP contribution in [-0.4, -0.2) is 33.2 Å². The molecule has 4 N–H and O–H groups in total. The Bertz CT molecular complexity index is 672. The monoisotopic (exact) mass is 379 g/mol. The van der Waals surface area contributed by atoms with E-state index < -0.39 is 16.1 Å². The maximum Gasteiger partial charge on any atom is 0.241 e. The van der Waals surface area contributed by atoms with Gasteiger partial charge in [0.05, 0.1) is 24.6 Å². The van der Waals surface area contributed by atoms with E-state index in [1.807, 2.05) is 20.8 Å². The van der Waals surface area contributed by atoms with Gasteiger partial charge in [-0.3, -0.25) is 9.52 Å². The lowest BCUT2D eigenvalue weighted by Crippen LogP contribution is -2.45. The Morgan fingerprint density at radius 1 is 1.33 bits per heavy atom. The predicted molar refractivity (Wildman–Crippen MR) is 99.4 cm³/mol. The van der Waals surface area contributed by atoms with Crippen LogP contribution in [0.15, 0.2) is 18.2 Å². The molecule has 0 aliphatic carbocycles. The zero-order valence-electron chi connectivity index (χ0n) is 14.5. The molecule has 1 amide bonds. The lowest BCUT2D eigenvalue weighted by molar-refractivity contribution is -0.119. The number of methoxy groups -OCH3 is 1. The van der Waals surface area contributed by atoms with Gasteiger partial charge in [0.2, 0.25) is 15.9 Å². The Morgan fingerprint density at radius 2 is 1.92 bits per heavy atom. The normalized spacial score (nSPS) is 12.8. The smallest absolute Gasteiger partial charge is 0.241 e. The first-order chi connectivity index (χ1) is 10.5. The highest BCUT2D eigenvalue weighted by atomic mass is 35.5. The van der Waals surface area contributed by atoms with Gasteiger partial charge < -0.3 is 15.8 Å². The Hall–Kier alpha value is -1.51. The van der Waals surface area contributed by atoms with Crippen molar-refractivity contribution in [1.82, 2.24) is 0 Å². The van der Waals surface area contributed by atoms with Crippen LogP contribution < -0.4 is 20.5 Å². The Kier molecular flexibility index (Phi) is 8.01. The van der Waals surface area contributed by atoms with E-state index in [9.17, 15) is 13.2 Å². The Labute approximate surface area is 149 Å². The van der Waals surface area contributed by atoms with E-state index in [4.69, 9.17) is 10.5 Å². The molecule has 1 atom stereocenters. The summed E-state index contributed by atoms with van der Waals surface area (Å²) in [5, 5.41) is 2.71. The second-order valence-corrected chi connectivity index (χ2v) is 8.26. The predicted octanol–water partition coefficient (Wildman–Crippen LogP) is 2.19. The lowest BCUT2D eigenvalue weighted by atomic mass is 9.87. The van der Waals surface area contributed by atoms with E-state index in [1.165, 1.54) is 20.1 Å². The van der Waals surface area contributed by atoms with Crippen molar-refractivity contribution in [3.8, 4) is 5.75 Å². The largest absolute Gasteiger partial charge is 0.494 e. The second kappa shape index (κ2) is 8.55. The van der Waals surface area contributed by atoms with Gasteiger partial charge in [0.25, 0.3) is 0 Å². The van der Waals surface area contributed by atoms with E-state index >= 15 is 0 Å². The van der Waals surface area contributed by atoms with Crippen molar-refractivity contribution in [1.29, 1.82) is 0 Å². The number of hydrogen-bond acceptors (Lipinski definition) is 5. The van der Waals surface area contributed by atoms with Crippen LogP contribution in [0.2, 0.25) is 0 Å². The molecule has 138 valence electrons. The van der Waals surface area contributed by atoms with Crippen molar-refractivity contribution < 1.29 is 17.9 Å². The number of benzene rings is 1. The summed E-state index contributed by atoms with van der Waals surface area (Å²) in [5.74, 6) is -0.0553. The molecule has 0 unspecified atom stereocenters. The molecule has 0 aliphatic heterocycles. The van der Waals surface area contributed by atoms with Gasteiger partial charge in [-0.15, -0.1) is 12.4 Å². The molecule has 0 saturated heterocycles. The number of hydrogen-bond donors (Lipinski definition) is 3. The molecule has 1 aromatic carbocycles. The zero-order valence-corrected chi connectivity index (χ0v) is 16.2. The molecule has 9 heteroatoms. The first-order valence-electron chi connectivity index (χ1n) is 7.25. The second-order valence-electron chi connectivity index (χ2n) is 6.25. The molecular formula is C15H26ClN3O4S. The van der Waals surface area contributed by atoms with Crippen molar-refractivity contribution in [2.45, 2.75) is 33.7 Å². The number of halogens is 1. The van der Waals surface area contributed by atoms with Gasteiger partial charge in [0.1, 0.15) is 5.75 Å². The van der Waals surface area contributed by atoms with E-state index in [0.717, 1.165) is 0 Å². The summed E-state index contributed by atoms with van der Waals surface area (Å²) in [6.45, 7) is 7.17. The first-order valence-corrected chi connectivity index (χ1v) is 8.90. The van der Waals surface area contributed by atoms with Gasteiger partial charge in [-0.2, -0.15) is 0 Å². The van der Waals surface area contributed by atoms with E-state index in [-0.39, 0.29) is 29.5 Å². The molecule has 0 radical (unpaired) electrons. The van der Waals surface area contributed by atoms with E-state index in [0.29, 0.717) is 17.1 Å².